The summed E-state index contributed by atoms with van der Waals surface area (Å²) in [5.74, 6) is 0.0550. The van der Waals surface area contributed by atoms with E-state index < -0.39 is 10.0 Å². The van der Waals surface area contributed by atoms with Crippen molar-refractivity contribution in [3.63, 3.8) is 0 Å². The van der Waals surface area contributed by atoms with Gasteiger partial charge in [0.1, 0.15) is 0 Å². The molecule has 0 radical (unpaired) electrons. The van der Waals surface area contributed by atoms with Crippen LogP contribution in [-0.4, -0.2) is 37.1 Å². The molecule has 8 nitrogen and oxygen atoms in total. The molecule has 1 amide bonds. The van der Waals surface area contributed by atoms with Gasteiger partial charge in [0.15, 0.2) is 0 Å². The molecule has 0 aliphatic rings. The highest BCUT2D eigenvalue weighted by Crippen LogP contribution is 2.19. The minimum Gasteiger partial charge on any atom is -0.327 e. The van der Waals surface area contributed by atoms with Crippen molar-refractivity contribution in [2.45, 2.75) is 37.6 Å². The van der Waals surface area contributed by atoms with Crippen LogP contribution in [0.15, 0.2) is 4.34 Å². The van der Waals surface area contributed by atoms with Gasteiger partial charge in [0.25, 0.3) is 10.0 Å². The van der Waals surface area contributed by atoms with Crippen LogP contribution in [0.4, 0.5) is 5.13 Å². The van der Waals surface area contributed by atoms with Crippen molar-refractivity contribution < 1.29 is 13.2 Å². The number of aromatic nitrogens is 2. The summed E-state index contributed by atoms with van der Waals surface area (Å²) >= 11 is 0.788. The van der Waals surface area contributed by atoms with Crippen LogP contribution >= 0.6 is 11.3 Å². The third-order valence-electron chi connectivity index (χ3n) is 2.23. The Hall–Kier alpha value is -1.10. The third-order valence-corrected chi connectivity index (χ3v) is 4.86. The lowest BCUT2D eigenvalue weighted by atomic mass is 10.1. The normalized spacial score (nSPS) is 13.4. The van der Waals surface area contributed by atoms with Gasteiger partial charge in [-0.1, -0.05) is 25.2 Å². The van der Waals surface area contributed by atoms with E-state index in [4.69, 9.17) is 5.73 Å². The monoisotopic (exact) mass is 321 g/mol. The maximum atomic E-state index is 12.0. The maximum Gasteiger partial charge on any atom is 0.269 e. The number of sulfonamides is 1. The van der Waals surface area contributed by atoms with Gasteiger partial charge in [-0.05, 0) is 12.3 Å². The summed E-state index contributed by atoms with van der Waals surface area (Å²) in [6.07, 6.45) is 0.718. The van der Waals surface area contributed by atoms with Crippen LogP contribution in [0.2, 0.25) is 0 Å². The quantitative estimate of drug-likeness (QED) is 0.613. The number of rotatable bonds is 7. The summed E-state index contributed by atoms with van der Waals surface area (Å²) in [5, 5.41) is 9.65. The van der Waals surface area contributed by atoms with Crippen molar-refractivity contribution >= 4 is 32.4 Å². The van der Waals surface area contributed by atoms with E-state index in [9.17, 15) is 13.2 Å². The molecule has 20 heavy (non-hydrogen) atoms. The molecular formula is C10H19N5O3S2. The zero-order chi connectivity index (χ0) is 15.3. The number of carbonyl (C=O) groups excluding carboxylic acids is 1. The molecule has 0 saturated carbocycles. The predicted octanol–water partition coefficient (Wildman–Crippen LogP) is 0.148. The van der Waals surface area contributed by atoms with Gasteiger partial charge < -0.3 is 11.1 Å². The van der Waals surface area contributed by atoms with Crippen molar-refractivity contribution in [1.29, 1.82) is 0 Å². The summed E-state index contributed by atoms with van der Waals surface area (Å²) in [6, 6.07) is -0.257. The molecule has 114 valence electrons. The van der Waals surface area contributed by atoms with E-state index in [1.165, 1.54) is 6.92 Å². The molecule has 0 fully saturated rings. The van der Waals surface area contributed by atoms with Crippen LogP contribution in [0.25, 0.3) is 0 Å². The Labute approximate surface area is 122 Å². The Kier molecular flexibility index (Phi) is 5.99. The molecule has 0 bridgehead atoms. The molecule has 0 aromatic carbocycles. The topological polar surface area (TPSA) is 127 Å². The lowest BCUT2D eigenvalue weighted by molar-refractivity contribution is -0.114. The number of hydrogen-bond acceptors (Lipinski definition) is 7. The first kappa shape index (κ1) is 17.0. The zero-order valence-corrected chi connectivity index (χ0v) is 13.2. The Morgan fingerprint density at radius 3 is 2.60 bits per heavy atom. The second kappa shape index (κ2) is 7.07. The van der Waals surface area contributed by atoms with Gasteiger partial charge in [-0.2, -0.15) is 0 Å². The summed E-state index contributed by atoms with van der Waals surface area (Å²) in [6.45, 7) is 5.46. The average molecular weight is 321 g/mol. The maximum absolute atomic E-state index is 12.0. The Morgan fingerprint density at radius 2 is 2.05 bits per heavy atom. The van der Waals surface area contributed by atoms with E-state index in [2.05, 4.69) is 20.2 Å². The van der Waals surface area contributed by atoms with Gasteiger partial charge in [0, 0.05) is 19.5 Å². The van der Waals surface area contributed by atoms with E-state index in [0.29, 0.717) is 5.92 Å². The van der Waals surface area contributed by atoms with Crippen LogP contribution in [0.5, 0.6) is 0 Å². The van der Waals surface area contributed by atoms with Gasteiger partial charge in [-0.25, -0.2) is 13.1 Å². The number of nitrogens with zero attached hydrogens (tertiary/aromatic N) is 2. The number of nitrogens with one attached hydrogen (secondary N) is 2. The highest BCUT2D eigenvalue weighted by Gasteiger charge is 2.21. The molecule has 1 rings (SSSR count). The van der Waals surface area contributed by atoms with Crippen molar-refractivity contribution in [2.75, 3.05) is 11.9 Å². The van der Waals surface area contributed by atoms with Crippen LogP contribution in [0.3, 0.4) is 0 Å². The molecule has 1 aromatic rings. The molecule has 1 heterocycles. The van der Waals surface area contributed by atoms with Crippen molar-refractivity contribution in [1.82, 2.24) is 14.9 Å². The largest absolute Gasteiger partial charge is 0.327 e. The second-order valence-electron chi connectivity index (χ2n) is 4.80. The summed E-state index contributed by atoms with van der Waals surface area (Å²) < 4.78 is 26.1. The standard InChI is InChI=1S/C10H19N5O3S2/c1-6(2)4-8(11)5-12-20(17,18)10-15-14-9(19-10)13-7(3)16/h6,8,12H,4-5,11H2,1-3H3,(H,13,14,16). The van der Waals surface area contributed by atoms with E-state index in [0.717, 1.165) is 17.8 Å². The van der Waals surface area contributed by atoms with E-state index >= 15 is 0 Å². The van der Waals surface area contributed by atoms with Crippen LogP contribution in [0.1, 0.15) is 27.2 Å². The Morgan fingerprint density at radius 1 is 1.40 bits per heavy atom. The highest BCUT2D eigenvalue weighted by molar-refractivity contribution is 7.91. The molecule has 1 aromatic heterocycles. The van der Waals surface area contributed by atoms with Crippen LogP contribution < -0.4 is 15.8 Å². The lowest BCUT2D eigenvalue weighted by Crippen LogP contribution is -2.37. The molecule has 0 spiro atoms. The second-order valence-corrected chi connectivity index (χ2v) is 7.71. The minimum absolute atomic E-state index is 0.134. The average Bonchev–Trinajstić information content (AvgIpc) is 2.74. The smallest absolute Gasteiger partial charge is 0.269 e. The molecule has 0 saturated heterocycles. The van der Waals surface area contributed by atoms with Crippen molar-refractivity contribution in [2.24, 2.45) is 11.7 Å². The zero-order valence-electron chi connectivity index (χ0n) is 11.6. The van der Waals surface area contributed by atoms with E-state index in [-0.39, 0.29) is 28.0 Å². The fraction of sp³-hybridized carbons (Fsp3) is 0.700. The SMILES string of the molecule is CC(=O)Nc1nnc(S(=O)(=O)NCC(N)CC(C)C)s1. The first-order valence-electron chi connectivity index (χ1n) is 6.07. The van der Waals surface area contributed by atoms with Gasteiger partial charge in [0.2, 0.25) is 15.4 Å². The van der Waals surface area contributed by atoms with E-state index in [1.54, 1.807) is 0 Å². The number of anilines is 1. The molecule has 0 aliphatic carbocycles. The summed E-state index contributed by atoms with van der Waals surface area (Å²) in [4.78, 5) is 10.8. The lowest BCUT2D eigenvalue weighted by Gasteiger charge is -2.13. The highest BCUT2D eigenvalue weighted by atomic mass is 32.2. The third kappa shape index (κ3) is 5.49. The number of amides is 1. The van der Waals surface area contributed by atoms with Crippen LogP contribution in [0, 0.1) is 5.92 Å². The fourth-order valence-electron chi connectivity index (χ4n) is 1.49. The van der Waals surface area contributed by atoms with Crippen molar-refractivity contribution in [3.8, 4) is 0 Å². The van der Waals surface area contributed by atoms with Gasteiger partial charge in [-0.3, -0.25) is 4.79 Å². The summed E-state index contributed by atoms with van der Waals surface area (Å²) in [5.41, 5.74) is 5.81. The van der Waals surface area contributed by atoms with Crippen molar-refractivity contribution in [3.05, 3.63) is 0 Å². The molecule has 0 aliphatic heterocycles. The first-order chi connectivity index (χ1) is 9.20. The Bertz CT molecular complexity index is 555. The summed E-state index contributed by atoms with van der Waals surface area (Å²) in [7, 11) is -3.74. The first-order valence-corrected chi connectivity index (χ1v) is 8.37. The number of carbonyl (C=O) groups is 1. The molecule has 1 unspecified atom stereocenters. The number of hydrogen-bond donors (Lipinski definition) is 3. The van der Waals surface area contributed by atoms with Gasteiger partial charge in [0.05, 0.1) is 0 Å². The number of nitrogens with two attached hydrogens (primary N) is 1. The molecule has 10 heteroatoms. The van der Waals surface area contributed by atoms with E-state index in [1.807, 2.05) is 13.8 Å². The Balaban J connectivity index is 2.64. The fourth-order valence-corrected chi connectivity index (χ4v) is 3.57. The van der Waals surface area contributed by atoms with Gasteiger partial charge >= 0.3 is 0 Å². The molecule has 4 N–H and O–H groups in total. The molecule has 1 atom stereocenters. The van der Waals surface area contributed by atoms with Crippen LogP contribution in [-0.2, 0) is 14.8 Å². The predicted molar refractivity (Wildman–Crippen MR) is 76.8 cm³/mol. The van der Waals surface area contributed by atoms with Gasteiger partial charge in [-0.15, -0.1) is 10.2 Å². The minimum atomic E-state index is -3.74. The molecular weight excluding hydrogens is 302 g/mol.